The minimum atomic E-state index is -1.09. The lowest BCUT2D eigenvalue weighted by Crippen LogP contribution is -2.19. The molecule has 0 aliphatic heterocycles. The van der Waals surface area contributed by atoms with Crippen LogP contribution in [-0.4, -0.2) is 28.3 Å². The first kappa shape index (κ1) is 14.8. The molecule has 2 N–H and O–H groups in total. The van der Waals surface area contributed by atoms with E-state index < -0.39 is 18.0 Å². The zero-order valence-electron chi connectivity index (χ0n) is 10.8. The topological polar surface area (TPSA) is 83.8 Å². The van der Waals surface area contributed by atoms with Crippen molar-refractivity contribution in [3.8, 4) is 5.75 Å². The summed E-state index contributed by atoms with van der Waals surface area (Å²) in [5.41, 5.74) is 0.770. The molecule has 1 aromatic carbocycles. The van der Waals surface area contributed by atoms with Gasteiger partial charge in [-0.25, -0.2) is 9.59 Å². The standard InChI is InChI=1S/C14H16O5/c1-8(2)14(18)19-9(3)6-10-7-11(15)4-5-12(10)13(16)17/h4-5,7,9,15H,1,6H2,2-3H3,(H,16,17). The lowest BCUT2D eigenvalue weighted by atomic mass is 10.0. The Hall–Kier alpha value is -2.30. The average Bonchev–Trinajstić information content (AvgIpc) is 2.27. The van der Waals surface area contributed by atoms with E-state index in [0.29, 0.717) is 5.56 Å². The Balaban J connectivity index is 2.86. The molecule has 0 aliphatic carbocycles. The number of phenolic OH excluding ortho intramolecular Hbond substituents is 1. The second-order valence-electron chi connectivity index (χ2n) is 4.35. The van der Waals surface area contributed by atoms with Crippen LogP contribution in [-0.2, 0) is 16.0 Å². The summed E-state index contributed by atoms with van der Waals surface area (Å²) in [4.78, 5) is 22.4. The fourth-order valence-electron chi connectivity index (χ4n) is 1.59. The predicted molar refractivity (Wildman–Crippen MR) is 69.1 cm³/mol. The molecule has 1 rings (SSSR count). The van der Waals surface area contributed by atoms with E-state index in [4.69, 9.17) is 9.84 Å². The molecule has 0 radical (unpaired) electrons. The third-order valence-electron chi connectivity index (χ3n) is 2.48. The Morgan fingerprint density at radius 1 is 1.42 bits per heavy atom. The van der Waals surface area contributed by atoms with Gasteiger partial charge in [0.2, 0.25) is 0 Å². The monoisotopic (exact) mass is 264 g/mol. The third kappa shape index (κ3) is 4.13. The minimum absolute atomic E-state index is 0.0292. The van der Waals surface area contributed by atoms with Gasteiger partial charge in [-0.3, -0.25) is 0 Å². The third-order valence-corrected chi connectivity index (χ3v) is 2.48. The highest BCUT2D eigenvalue weighted by Gasteiger charge is 2.16. The molecule has 0 saturated heterocycles. The number of carboxylic acids is 1. The highest BCUT2D eigenvalue weighted by Crippen LogP contribution is 2.19. The summed E-state index contributed by atoms with van der Waals surface area (Å²) in [7, 11) is 0. The van der Waals surface area contributed by atoms with Gasteiger partial charge in [0.25, 0.3) is 0 Å². The molecule has 1 aromatic rings. The van der Waals surface area contributed by atoms with Crippen molar-refractivity contribution in [1.29, 1.82) is 0 Å². The molecule has 0 heterocycles. The molecule has 0 aromatic heterocycles. The van der Waals surface area contributed by atoms with Crippen LogP contribution in [0.3, 0.4) is 0 Å². The lowest BCUT2D eigenvalue weighted by Gasteiger charge is -2.14. The second kappa shape index (κ2) is 6.04. The Morgan fingerprint density at radius 2 is 2.05 bits per heavy atom. The normalized spacial score (nSPS) is 11.7. The van der Waals surface area contributed by atoms with Crippen molar-refractivity contribution < 1.29 is 24.5 Å². The molecule has 19 heavy (non-hydrogen) atoms. The van der Waals surface area contributed by atoms with Crippen molar-refractivity contribution >= 4 is 11.9 Å². The van der Waals surface area contributed by atoms with Crippen molar-refractivity contribution in [2.75, 3.05) is 0 Å². The zero-order valence-corrected chi connectivity index (χ0v) is 10.8. The number of esters is 1. The van der Waals surface area contributed by atoms with Crippen molar-refractivity contribution in [2.45, 2.75) is 26.4 Å². The molecule has 5 heteroatoms. The van der Waals surface area contributed by atoms with E-state index in [9.17, 15) is 14.7 Å². The quantitative estimate of drug-likeness (QED) is 0.628. The SMILES string of the molecule is C=C(C)C(=O)OC(C)Cc1cc(O)ccc1C(=O)O. The number of hydrogen-bond acceptors (Lipinski definition) is 4. The van der Waals surface area contributed by atoms with E-state index in [0.717, 1.165) is 0 Å². The van der Waals surface area contributed by atoms with Gasteiger partial charge in [0.15, 0.2) is 0 Å². The summed E-state index contributed by atoms with van der Waals surface area (Å²) in [6.45, 7) is 6.65. The van der Waals surface area contributed by atoms with Crippen LogP contribution in [0.1, 0.15) is 29.8 Å². The average molecular weight is 264 g/mol. The van der Waals surface area contributed by atoms with Crippen molar-refractivity contribution in [3.05, 3.63) is 41.5 Å². The number of ether oxygens (including phenoxy) is 1. The molecule has 0 aliphatic rings. The van der Waals surface area contributed by atoms with Gasteiger partial charge >= 0.3 is 11.9 Å². The van der Waals surface area contributed by atoms with Gasteiger partial charge < -0.3 is 14.9 Å². The number of rotatable bonds is 5. The number of carboxylic acid groups (broad SMARTS) is 1. The molecule has 5 nitrogen and oxygen atoms in total. The van der Waals surface area contributed by atoms with Crippen molar-refractivity contribution in [1.82, 2.24) is 0 Å². The Bertz CT molecular complexity index is 519. The van der Waals surface area contributed by atoms with E-state index in [1.54, 1.807) is 6.92 Å². The Labute approximate surface area is 111 Å². The van der Waals surface area contributed by atoms with Gasteiger partial charge in [0.1, 0.15) is 11.9 Å². The van der Waals surface area contributed by atoms with Crippen LogP contribution in [0.2, 0.25) is 0 Å². The van der Waals surface area contributed by atoms with E-state index in [1.165, 1.54) is 25.1 Å². The first-order chi connectivity index (χ1) is 8.81. The number of phenols is 1. The lowest BCUT2D eigenvalue weighted by molar-refractivity contribution is -0.143. The van der Waals surface area contributed by atoms with Crippen LogP contribution in [0.25, 0.3) is 0 Å². The molecule has 0 amide bonds. The molecule has 0 saturated carbocycles. The van der Waals surface area contributed by atoms with E-state index in [2.05, 4.69) is 6.58 Å². The smallest absolute Gasteiger partial charge is 0.335 e. The summed E-state index contributed by atoms with van der Waals surface area (Å²) in [5.74, 6) is -1.64. The maximum absolute atomic E-state index is 11.3. The van der Waals surface area contributed by atoms with Crippen LogP contribution < -0.4 is 0 Å². The van der Waals surface area contributed by atoms with Crippen molar-refractivity contribution in [3.63, 3.8) is 0 Å². The summed E-state index contributed by atoms with van der Waals surface area (Å²) in [6.07, 6.45) is -0.307. The molecule has 0 fully saturated rings. The van der Waals surface area contributed by atoms with E-state index >= 15 is 0 Å². The van der Waals surface area contributed by atoms with Gasteiger partial charge in [-0.15, -0.1) is 0 Å². The summed E-state index contributed by atoms with van der Waals surface area (Å²) >= 11 is 0. The van der Waals surface area contributed by atoms with Crippen LogP contribution in [0.15, 0.2) is 30.4 Å². The van der Waals surface area contributed by atoms with Gasteiger partial charge in [-0.05, 0) is 37.6 Å². The van der Waals surface area contributed by atoms with Crippen molar-refractivity contribution in [2.24, 2.45) is 0 Å². The van der Waals surface area contributed by atoms with Crippen LogP contribution in [0.4, 0.5) is 0 Å². The number of aromatic hydroxyl groups is 1. The van der Waals surface area contributed by atoms with E-state index in [-0.39, 0.29) is 23.3 Å². The zero-order chi connectivity index (χ0) is 14.6. The van der Waals surface area contributed by atoms with Gasteiger partial charge in [0, 0.05) is 12.0 Å². The van der Waals surface area contributed by atoms with Gasteiger partial charge in [0.05, 0.1) is 5.56 Å². The Kier molecular flexibility index (Phi) is 4.69. The summed E-state index contributed by atoms with van der Waals surface area (Å²) in [6, 6.07) is 3.98. The second-order valence-corrected chi connectivity index (χ2v) is 4.35. The first-order valence-electron chi connectivity index (χ1n) is 5.73. The van der Waals surface area contributed by atoms with Gasteiger partial charge in [-0.1, -0.05) is 6.58 Å². The number of carbonyl (C=O) groups is 2. The maximum atomic E-state index is 11.3. The summed E-state index contributed by atoms with van der Waals surface area (Å²) in [5, 5.41) is 18.4. The fourth-order valence-corrected chi connectivity index (χ4v) is 1.59. The number of carbonyl (C=O) groups excluding carboxylic acids is 1. The molecular weight excluding hydrogens is 248 g/mol. The number of benzene rings is 1. The number of aromatic carboxylic acids is 1. The first-order valence-corrected chi connectivity index (χ1v) is 5.73. The van der Waals surface area contributed by atoms with Crippen LogP contribution >= 0.6 is 0 Å². The predicted octanol–water partition coefficient (Wildman–Crippen LogP) is 2.14. The Morgan fingerprint density at radius 3 is 2.58 bits per heavy atom. The molecule has 0 spiro atoms. The number of hydrogen-bond donors (Lipinski definition) is 2. The van der Waals surface area contributed by atoms with Crippen LogP contribution in [0, 0.1) is 0 Å². The molecule has 1 unspecified atom stereocenters. The highest BCUT2D eigenvalue weighted by atomic mass is 16.5. The molecule has 102 valence electrons. The van der Waals surface area contributed by atoms with Crippen LogP contribution in [0.5, 0.6) is 5.75 Å². The molecule has 0 bridgehead atoms. The highest BCUT2D eigenvalue weighted by molar-refractivity contribution is 5.89. The molecular formula is C14H16O5. The summed E-state index contributed by atoms with van der Waals surface area (Å²) < 4.78 is 5.08. The van der Waals surface area contributed by atoms with Gasteiger partial charge in [-0.2, -0.15) is 0 Å². The largest absolute Gasteiger partial charge is 0.508 e. The minimum Gasteiger partial charge on any atom is -0.508 e. The molecule has 1 atom stereocenters. The fraction of sp³-hybridized carbons (Fsp3) is 0.286. The maximum Gasteiger partial charge on any atom is 0.335 e. The van der Waals surface area contributed by atoms with E-state index in [1.807, 2.05) is 0 Å².